The van der Waals surface area contributed by atoms with Crippen molar-refractivity contribution in [3.05, 3.63) is 110 Å². The minimum Gasteiger partial charge on any atom is -0.493 e. The van der Waals surface area contributed by atoms with Gasteiger partial charge in [0.25, 0.3) is 0 Å². The van der Waals surface area contributed by atoms with Crippen LogP contribution in [0.3, 0.4) is 0 Å². The molecule has 0 bridgehead atoms. The summed E-state index contributed by atoms with van der Waals surface area (Å²) < 4.78 is 53.1. The van der Waals surface area contributed by atoms with Crippen molar-refractivity contribution in [1.82, 2.24) is 0 Å². The Morgan fingerprint density at radius 2 is 0.933 bits per heavy atom. The van der Waals surface area contributed by atoms with Gasteiger partial charge in [0.2, 0.25) is 9.84 Å². The highest BCUT2D eigenvalue weighted by Crippen LogP contribution is 2.40. The molecule has 0 fully saturated rings. The van der Waals surface area contributed by atoms with E-state index in [9.17, 15) is 8.42 Å². The molecule has 0 saturated heterocycles. The lowest BCUT2D eigenvalue weighted by Crippen LogP contribution is -2.10. The number of rotatable bonds is 16. The van der Waals surface area contributed by atoms with Gasteiger partial charge in [-0.15, -0.1) is 13.2 Å². The quantitative estimate of drug-likeness (QED) is 0.0912. The molecule has 0 unspecified atom stereocenters. The second kappa shape index (κ2) is 15.5. The van der Waals surface area contributed by atoms with Crippen LogP contribution in [0.5, 0.6) is 23.0 Å². The average molecular weight is 627 g/mol. The lowest BCUT2D eigenvalue weighted by atomic mass is 10.0. The van der Waals surface area contributed by atoms with Crippen molar-refractivity contribution < 1.29 is 27.4 Å². The molecular weight excluding hydrogens is 584 g/mol. The minimum atomic E-state index is -4.11. The maximum Gasteiger partial charge on any atom is 0.208 e. The Bertz CT molecular complexity index is 1570. The highest BCUT2D eigenvalue weighted by molar-refractivity contribution is 7.91. The molecule has 4 aromatic carbocycles. The predicted octanol–water partition coefficient (Wildman–Crippen LogP) is 9.34. The van der Waals surface area contributed by atoms with Crippen LogP contribution in [-0.2, 0) is 9.84 Å². The summed E-state index contributed by atoms with van der Waals surface area (Å²) in [6.45, 7) is 16.1. The molecule has 4 rings (SSSR count). The summed E-state index contributed by atoms with van der Waals surface area (Å²) in [5.74, 6) is 2.33. The van der Waals surface area contributed by atoms with E-state index in [-0.39, 0.29) is 22.0 Å². The van der Waals surface area contributed by atoms with E-state index >= 15 is 0 Å². The summed E-state index contributed by atoms with van der Waals surface area (Å²) >= 11 is 0. The highest BCUT2D eigenvalue weighted by atomic mass is 32.2. The molecule has 6 nitrogen and oxygen atoms in total. The van der Waals surface area contributed by atoms with Gasteiger partial charge < -0.3 is 18.9 Å². The molecule has 45 heavy (non-hydrogen) atoms. The molecule has 4 aromatic rings. The summed E-state index contributed by atoms with van der Waals surface area (Å²) in [4.78, 5) is 0.265. The first-order valence-electron chi connectivity index (χ1n) is 15.2. The maximum absolute atomic E-state index is 14.8. The number of sulfone groups is 1. The molecule has 0 aliphatic carbocycles. The zero-order chi connectivity index (χ0) is 32.4. The van der Waals surface area contributed by atoms with Gasteiger partial charge in [0.05, 0.1) is 35.2 Å². The Kier molecular flexibility index (Phi) is 11.5. The van der Waals surface area contributed by atoms with Gasteiger partial charge in [-0.25, -0.2) is 8.42 Å². The smallest absolute Gasteiger partial charge is 0.208 e. The van der Waals surface area contributed by atoms with Crippen LogP contribution in [0.25, 0.3) is 22.3 Å². The fourth-order valence-corrected chi connectivity index (χ4v) is 6.45. The van der Waals surface area contributed by atoms with Gasteiger partial charge in [-0.3, -0.25) is 0 Å². The molecule has 0 heterocycles. The summed E-state index contributed by atoms with van der Waals surface area (Å²) in [6.07, 6.45) is 4.79. The van der Waals surface area contributed by atoms with Crippen molar-refractivity contribution in [2.45, 2.75) is 62.5 Å². The molecule has 0 N–H and O–H groups in total. The Balaban J connectivity index is 1.85. The second-order valence-electron chi connectivity index (χ2n) is 11.1. The summed E-state index contributed by atoms with van der Waals surface area (Å²) in [7, 11) is -4.11. The van der Waals surface area contributed by atoms with Crippen LogP contribution >= 0.6 is 0 Å². The van der Waals surface area contributed by atoms with Crippen molar-refractivity contribution in [2.24, 2.45) is 0 Å². The van der Waals surface area contributed by atoms with Gasteiger partial charge in [0, 0.05) is 11.1 Å². The lowest BCUT2D eigenvalue weighted by molar-refractivity contribution is 0.241. The first-order valence-corrected chi connectivity index (χ1v) is 16.7. The summed E-state index contributed by atoms with van der Waals surface area (Å²) in [5, 5.41) is 0. The molecule has 0 atom stereocenters. The molecule has 236 valence electrons. The van der Waals surface area contributed by atoms with Gasteiger partial charge >= 0.3 is 0 Å². The van der Waals surface area contributed by atoms with Crippen LogP contribution in [0.15, 0.2) is 120 Å². The molecule has 0 radical (unpaired) electrons. The molecule has 0 aliphatic heterocycles. The number of benzene rings is 4. The lowest BCUT2D eigenvalue weighted by Gasteiger charge is -2.19. The van der Waals surface area contributed by atoms with Gasteiger partial charge in [0.1, 0.15) is 23.0 Å². The van der Waals surface area contributed by atoms with Crippen LogP contribution < -0.4 is 18.9 Å². The monoisotopic (exact) mass is 626 g/mol. The van der Waals surface area contributed by atoms with E-state index in [0.29, 0.717) is 47.3 Å². The average Bonchev–Trinajstić information content (AvgIpc) is 3.01. The van der Waals surface area contributed by atoms with Crippen molar-refractivity contribution in [3.63, 3.8) is 0 Å². The van der Waals surface area contributed by atoms with Crippen molar-refractivity contribution >= 4 is 9.84 Å². The van der Waals surface area contributed by atoms with Gasteiger partial charge in [-0.1, -0.05) is 36.4 Å². The number of hydrogen-bond donors (Lipinski definition) is 0. The number of hydrogen-bond acceptors (Lipinski definition) is 6. The molecule has 0 aromatic heterocycles. The van der Waals surface area contributed by atoms with Crippen molar-refractivity contribution in [3.8, 4) is 45.3 Å². The van der Waals surface area contributed by atoms with E-state index in [0.717, 1.165) is 24.0 Å². The third kappa shape index (κ3) is 8.79. The molecule has 0 amide bonds. The van der Waals surface area contributed by atoms with E-state index in [4.69, 9.17) is 18.9 Å². The largest absolute Gasteiger partial charge is 0.493 e. The topological polar surface area (TPSA) is 71.1 Å². The molecular formula is C38H42O6S. The van der Waals surface area contributed by atoms with Gasteiger partial charge in [0.15, 0.2) is 0 Å². The van der Waals surface area contributed by atoms with E-state index in [1.165, 1.54) is 0 Å². The maximum atomic E-state index is 14.8. The Morgan fingerprint density at radius 1 is 0.578 bits per heavy atom. The first-order chi connectivity index (χ1) is 21.6. The van der Waals surface area contributed by atoms with Crippen molar-refractivity contribution in [2.75, 3.05) is 13.2 Å². The zero-order valence-electron chi connectivity index (χ0n) is 26.5. The SMILES string of the molecule is C=CCCOc1ccc(-c2ccc(OC(C)C)cc2S(=O)(=O)c2cc(OC(C)C)ccc2-c2ccc(OCCC=C)cc2)cc1. The molecule has 7 heteroatoms. The fourth-order valence-electron chi connectivity index (χ4n) is 4.72. The fraction of sp³-hybridized carbons (Fsp3) is 0.263. The van der Waals surface area contributed by atoms with Crippen LogP contribution in [0, 0.1) is 0 Å². The molecule has 0 saturated carbocycles. The van der Waals surface area contributed by atoms with E-state index in [1.807, 2.05) is 76.2 Å². The predicted molar refractivity (Wildman–Crippen MR) is 181 cm³/mol. The summed E-state index contributed by atoms with van der Waals surface area (Å²) in [6, 6.07) is 25.2. The third-order valence-corrected chi connectivity index (χ3v) is 8.57. The normalized spacial score (nSPS) is 11.3. The zero-order valence-corrected chi connectivity index (χ0v) is 27.3. The van der Waals surface area contributed by atoms with Gasteiger partial charge in [-0.2, -0.15) is 0 Å². The van der Waals surface area contributed by atoms with Crippen LogP contribution in [0.2, 0.25) is 0 Å². The van der Waals surface area contributed by atoms with E-state index in [1.54, 1.807) is 48.6 Å². The Morgan fingerprint density at radius 3 is 1.27 bits per heavy atom. The minimum absolute atomic E-state index is 0.133. The third-order valence-electron chi connectivity index (χ3n) is 6.74. The molecule has 0 aliphatic rings. The number of ether oxygens (including phenoxy) is 4. The van der Waals surface area contributed by atoms with Crippen LogP contribution in [-0.4, -0.2) is 33.8 Å². The Labute approximate surface area is 267 Å². The van der Waals surface area contributed by atoms with Gasteiger partial charge in [-0.05, 0) is 112 Å². The van der Waals surface area contributed by atoms with Crippen LogP contribution in [0.4, 0.5) is 0 Å². The Hall–Kier alpha value is -4.49. The second-order valence-corrected chi connectivity index (χ2v) is 12.9. The standard InChI is InChI=1S/C38H42O6S/c1-7-9-23-41-31-15-11-29(12-16-31)35-21-19-33(43-27(3)4)25-37(35)45(39,40)38-26-34(44-28(5)6)20-22-36(38)30-13-17-32(18-14-30)42-24-10-8-2/h7-8,11-22,25-28H,1-2,9-10,23-24H2,3-6H3. The van der Waals surface area contributed by atoms with E-state index < -0.39 is 9.84 Å². The first kappa shape index (κ1) is 33.4. The van der Waals surface area contributed by atoms with Crippen molar-refractivity contribution in [1.29, 1.82) is 0 Å². The van der Waals surface area contributed by atoms with Crippen LogP contribution in [0.1, 0.15) is 40.5 Å². The highest BCUT2D eigenvalue weighted by Gasteiger charge is 2.27. The van der Waals surface area contributed by atoms with E-state index in [2.05, 4.69) is 13.2 Å². The summed E-state index contributed by atoms with van der Waals surface area (Å²) in [5.41, 5.74) is 2.57. The molecule has 0 spiro atoms.